The highest BCUT2D eigenvalue weighted by atomic mass is 16.2. The number of carbonyl (C=O) groups excluding carboxylic acids is 2. The molecular weight excluding hydrogens is 256 g/mol. The van der Waals surface area contributed by atoms with E-state index in [2.05, 4.69) is 20.9 Å². The van der Waals surface area contributed by atoms with E-state index in [-0.39, 0.29) is 11.8 Å². The Hall–Kier alpha value is -2.11. The fourth-order valence-electron chi connectivity index (χ4n) is 1.66. The van der Waals surface area contributed by atoms with E-state index >= 15 is 0 Å². The number of hydrogen-bond acceptors (Lipinski definition) is 4. The molecule has 1 atom stereocenters. The summed E-state index contributed by atoms with van der Waals surface area (Å²) < 4.78 is 0. The summed E-state index contributed by atoms with van der Waals surface area (Å²) in [7, 11) is 0. The van der Waals surface area contributed by atoms with Crippen LogP contribution in [0.2, 0.25) is 0 Å². The number of aromatic nitrogens is 1. The lowest BCUT2D eigenvalue weighted by Gasteiger charge is -2.15. The summed E-state index contributed by atoms with van der Waals surface area (Å²) in [5.74, 6) is -0.511. The number of rotatable bonds is 7. The number of hydrogen-bond donors (Lipinski definition) is 3. The van der Waals surface area contributed by atoms with Crippen LogP contribution < -0.4 is 16.0 Å². The molecule has 0 radical (unpaired) electrons. The number of pyridine rings is 1. The molecule has 3 N–H and O–H groups in total. The first kappa shape index (κ1) is 15.9. The van der Waals surface area contributed by atoms with Gasteiger partial charge in [-0.25, -0.2) is 0 Å². The molecule has 0 aliphatic heterocycles. The van der Waals surface area contributed by atoms with Gasteiger partial charge < -0.3 is 16.0 Å². The van der Waals surface area contributed by atoms with Crippen molar-refractivity contribution in [2.24, 2.45) is 0 Å². The standard InChI is InChI=1S/C14H22N4O2/c1-4-7-17-12-6-8-15-9-11(12)14(20)18-10(3)13(19)16-5-2/h6,8-10H,4-5,7H2,1-3H3,(H,15,17)(H,16,19)(H,18,20). The minimum Gasteiger partial charge on any atom is -0.384 e. The molecule has 0 saturated carbocycles. The maximum atomic E-state index is 12.2. The Balaban J connectivity index is 2.74. The van der Waals surface area contributed by atoms with Crippen molar-refractivity contribution in [2.45, 2.75) is 33.2 Å². The molecule has 0 bridgehead atoms. The van der Waals surface area contributed by atoms with Gasteiger partial charge in [0.1, 0.15) is 6.04 Å². The van der Waals surface area contributed by atoms with Gasteiger partial charge in [0.05, 0.1) is 11.3 Å². The van der Waals surface area contributed by atoms with Crippen LogP contribution in [0.1, 0.15) is 37.6 Å². The molecule has 6 heteroatoms. The number of carbonyl (C=O) groups is 2. The third-order valence-corrected chi connectivity index (χ3v) is 2.72. The highest BCUT2D eigenvalue weighted by molar-refractivity contribution is 6.01. The quantitative estimate of drug-likeness (QED) is 0.699. The van der Waals surface area contributed by atoms with Crippen molar-refractivity contribution >= 4 is 17.5 Å². The van der Waals surface area contributed by atoms with Gasteiger partial charge >= 0.3 is 0 Å². The lowest BCUT2D eigenvalue weighted by molar-refractivity contribution is -0.122. The van der Waals surface area contributed by atoms with Gasteiger partial charge in [-0.1, -0.05) is 6.92 Å². The predicted molar refractivity (Wildman–Crippen MR) is 78.6 cm³/mol. The van der Waals surface area contributed by atoms with Crippen LogP contribution in [0.3, 0.4) is 0 Å². The van der Waals surface area contributed by atoms with E-state index in [0.717, 1.165) is 18.7 Å². The highest BCUT2D eigenvalue weighted by Gasteiger charge is 2.18. The van der Waals surface area contributed by atoms with Crippen molar-refractivity contribution < 1.29 is 9.59 Å². The van der Waals surface area contributed by atoms with E-state index in [1.165, 1.54) is 6.20 Å². The third-order valence-electron chi connectivity index (χ3n) is 2.72. The summed E-state index contributed by atoms with van der Waals surface area (Å²) in [6.07, 6.45) is 4.08. The average molecular weight is 278 g/mol. The van der Waals surface area contributed by atoms with Crippen LogP contribution in [0.4, 0.5) is 5.69 Å². The van der Waals surface area contributed by atoms with E-state index in [1.807, 2.05) is 13.8 Å². The molecule has 2 amide bonds. The number of likely N-dealkylation sites (N-methyl/N-ethyl adjacent to an activating group) is 1. The van der Waals surface area contributed by atoms with Gasteiger partial charge in [0, 0.05) is 25.5 Å². The van der Waals surface area contributed by atoms with Crippen molar-refractivity contribution in [1.82, 2.24) is 15.6 Å². The summed E-state index contributed by atoms with van der Waals surface area (Å²) >= 11 is 0. The molecule has 6 nitrogen and oxygen atoms in total. The molecule has 1 rings (SSSR count). The van der Waals surface area contributed by atoms with Gasteiger partial charge in [-0.15, -0.1) is 0 Å². The Morgan fingerprint density at radius 1 is 1.35 bits per heavy atom. The van der Waals surface area contributed by atoms with Gasteiger partial charge in [-0.3, -0.25) is 14.6 Å². The molecule has 0 spiro atoms. The van der Waals surface area contributed by atoms with Crippen molar-refractivity contribution in [3.63, 3.8) is 0 Å². The SMILES string of the molecule is CCCNc1ccncc1C(=O)NC(C)C(=O)NCC. The Kier molecular flexibility index (Phi) is 6.49. The number of anilines is 1. The number of amides is 2. The smallest absolute Gasteiger partial charge is 0.255 e. The molecule has 0 fully saturated rings. The fourth-order valence-corrected chi connectivity index (χ4v) is 1.66. The molecule has 1 aromatic heterocycles. The third kappa shape index (κ3) is 4.53. The zero-order chi connectivity index (χ0) is 15.0. The van der Waals surface area contributed by atoms with Gasteiger partial charge in [-0.2, -0.15) is 0 Å². The molecule has 110 valence electrons. The van der Waals surface area contributed by atoms with Crippen molar-refractivity contribution in [3.05, 3.63) is 24.0 Å². The molecule has 0 aromatic carbocycles. The van der Waals surface area contributed by atoms with Crippen molar-refractivity contribution in [2.75, 3.05) is 18.4 Å². The monoisotopic (exact) mass is 278 g/mol. The summed E-state index contributed by atoms with van der Waals surface area (Å²) in [6.45, 7) is 6.84. The molecule has 0 saturated heterocycles. The van der Waals surface area contributed by atoms with Gasteiger partial charge in [-0.05, 0) is 26.3 Å². The van der Waals surface area contributed by atoms with Crippen LogP contribution in [0.5, 0.6) is 0 Å². The average Bonchev–Trinajstić information content (AvgIpc) is 2.45. The second-order valence-electron chi connectivity index (χ2n) is 4.44. The fraction of sp³-hybridized carbons (Fsp3) is 0.500. The first-order valence-electron chi connectivity index (χ1n) is 6.86. The zero-order valence-corrected chi connectivity index (χ0v) is 12.2. The number of nitrogens with zero attached hydrogens (tertiary/aromatic N) is 1. The van der Waals surface area contributed by atoms with E-state index in [1.54, 1.807) is 19.2 Å². The van der Waals surface area contributed by atoms with E-state index in [9.17, 15) is 9.59 Å². The minimum atomic E-state index is -0.582. The van der Waals surface area contributed by atoms with Crippen molar-refractivity contribution in [3.8, 4) is 0 Å². The highest BCUT2D eigenvalue weighted by Crippen LogP contribution is 2.13. The van der Waals surface area contributed by atoms with Crippen LogP contribution >= 0.6 is 0 Å². The molecule has 1 aromatic rings. The molecule has 1 heterocycles. The van der Waals surface area contributed by atoms with E-state index in [4.69, 9.17) is 0 Å². The molecule has 20 heavy (non-hydrogen) atoms. The lowest BCUT2D eigenvalue weighted by Crippen LogP contribution is -2.44. The van der Waals surface area contributed by atoms with E-state index < -0.39 is 6.04 Å². The maximum Gasteiger partial charge on any atom is 0.255 e. The summed E-state index contributed by atoms with van der Waals surface area (Å²) in [6, 6.07) is 1.17. The second-order valence-corrected chi connectivity index (χ2v) is 4.44. The predicted octanol–water partition coefficient (Wildman–Crippen LogP) is 1.16. The largest absolute Gasteiger partial charge is 0.384 e. The minimum absolute atomic E-state index is 0.201. The second kappa shape index (κ2) is 8.14. The molecule has 1 unspecified atom stereocenters. The summed E-state index contributed by atoms with van der Waals surface area (Å²) in [5, 5.41) is 8.50. The molecule has 0 aliphatic carbocycles. The normalized spacial score (nSPS) is 11.6. The van der Waals surface area contributed by atoms with Gasteiger partial charge in [0.25, 0.3) is 5.91 Å². The van der Waals surface area contributed by atoms with Gasteiger partial charge in [0.15, 0.2) is 0 Å². The van der Waals surface area contributed by atoms with Crippen LogP contribution in [0.15, 0.2) is 18.5 Å². The molecule has 0 aliphatic rings. The van der Waals surface area contributed by atoms with Crippen LogP contribution in [0, 0.1) is 0 Å². The van der Waals surface area contributed by atoms with E-state index in [0.29, 0.717) is 12.1 Å². The summed E-state index contributed by atoms with van der Waals surface area (Å²) in [4.78, 5) is 27.7. The first-order valence-corrected chi connectivity index (χ1v) is 6.86. The Bertz CT molecular complexity index is 462. The lowest BCUT2D eigenvalue weighted by atomic mass is 10.2. The first-order chi connectivity index (χ1) is 9.60. The number of nitrogens with one attached hydrogen (secondary N) is 3. The zero-order valence-electron chi connectivity index (χ0n) is 12.2. The topological polar surface area (TPSA) is 83.1 Å². The van der Waals surface area contributed by atoms with Crippen LogP contribution in [0.25, 0.3) is 0 Å². The molecular formula is C14H22N4O2. The van der Waals surface area contributed by atoms with Crippen LogP contribution in [-0.4, -0.2) is 35.9 Å². The maximum absolute atomic E-state index is 12.2. The van der Waals surface area contributed by atoms with Crippen LogP contribution in [-0.2, 0) is 4.79 Å². The van der Waals surface area contributed by atoms with Gasteiger partial charge in [0.2, 0.25) is 5.91 Å². The Labute approximate surface area is 119 Å². The Morgan fingerprint density at radius 2 is 2.10 bits per heavy atom. The van der Waals surface area contributed by atoms with Crippen molar-refractivity contribution in [1.29, 1.82) is 0 Å². The Morgan fingerprint density at radius 3 is 2.75 bits per heavy atom. The summed E-state index contributed by atoms with van der Waals surface area (Å²) in [5.41, 5.74) is 1.17.